The van der Waals surface area contributed by atoms with Crippen molar-refractivity contribution in [3.63, 3.8) is 0 Å². The first-order chi connectivity index (χ1) is 14.2. The Kier molecular flexibility index (Phi) is 6.19. The molecule has 4 rings (SSSR count). The fraction of sp³-hybridized carbons (Fsp3) is 0.385. The van der Waals surface area contributed by atoms with E-state index in [-0.39, 0.29) is 5.92 Å². The van der Waals surface area contributed by atoms with E-state index in [2.05, 4.69) is 77.9 Å². The number of aryl methyl sites for hydroxylation is 6. The number of hydrogen-bond acceptors (Lipinski definition) is 3. The molecule has 1 fully saturated rings. The van der Waals surface area contributed by atoms with Crippen LogP contribution in [-0.4, -0.2) is 24.4 Å². The van der Waals surface area contributed by atoms with Gasteiger partial charge in [0.05, 0.1) is 19.3 Å². The topological polar surface area (TPSA) is 29.5 Å². The predicted octanol–water partition coefficient (Wildman–Crippen LogP) is 4.83. The summed E-state index contributed by atoms with van der Waals surface area (Å²) in [7, 11) is -0.723. The summed E-state index contributed by atoms with van der Waals surface area (Å²) in [5.41, 5.74) is 6.54. The lowest BCUT2D eigenvalue weighted by molar-refractivity contribution is 0.124. The normalized spacial score (nSPS) is 19.1. The molecule has 0 bridgehead atoms. The molecule has 2 aromatic carbocycles. The third kappa shape index (κ3) is 4.14. The maximum absolute atomic E-state index is 10.7. The van der Waals surface area contributed by atoms with Crippen LogP contribution in [0, 0.1) is 41.5 Å². The second kappa shape index (κ2) is 8.55. The molecule has 0 radical (unpaired) electrons. The lowest BCUT2D eigenvalue weighted by Gasteiger charge is -2.25. The van der Waals surface area contributed by atoms with Gasteiger partial charge in [-0.25, -0.2) is 0 Å². The summed E-state index contributed by atoms with van der Waals surface area (Å²) < 4.78 is 5.67. The van der Waals surface area contributed by atoms with Crippen LogP contribution in [-0.2, 0) is 4.74 Å². The van der Waals surface area contributed by atoms with E-state index in [1.807, 2.05) is 11.3 Å². The standard InChI is InChI=1S/C26H31O2PS/c1-15-7-16(2)10-21(9-15)29(22-11-17(3)8-18(4)12-22)26-20(6)30-19(5)25(26)23-13-28-14-24(23)27/h7-12,23-24,27H,13-14H2,1-6H3/t23-,24-/m0/s1. The first-order valence-corrected chi connectivity index (χ1v) is 12.7. The van der Waals surface area contributed by atoms with Gasteiger partial charge in [0.25, 0.3) is 0 Å². The van der Waals surface area contributed by atoms with Crippen LogP contribution in [0.1, 0.15) is 43.5 Å². The SMILES string of the molecule is Cc1cc(C)cc(P(c2cc(C)cc(C)c2)c2c(C)sc(C)c2[C@H]2COC[C@@H]2O)c1. The van der Waals surface area contributed by atoms with Crippen molar-refractivity contribution in [2.75, 3.05) is 13.2 Å². The summed E-state index contributed by atoms with van der Waals surface area (Å²) >= 11 is 1.87. The number of thiophene rings is 1. The van der Waals surface area contributed by atoms with Crippen molar-refractivity contribution in [1.82, 2.24) is 0 Å². The van der Waals surface area contributed by atoms with E-state index in [9.17, 15) is 5.11 Å². The predicted molar refractivity (Wildman–Crippen MR) is 131 cm³/mol. The average molecular weight is 439 g/mol. The van der Waals surface area contributed by atoms with Gasteiger partial charge in [-0.3, -0.25) is 0 Å². The van der Waals surface area contributed by atoms with Gasteiger partial charge in [0.2, 0.25) is 0 Å². The Morgan fingerprint density at radius 3 is 1.70 bits per heavy atom. The van der Waals surface area contributed by atoms with Crippen LogP contribution in [0.2, 0.25) is 0 Å². The molecule has 1 N–H and O–H groups in total. The molecule has 1 aliphatic heterocycles. The van der Waals surface area contributed by atoms with Crippen molar-refractivity contribution in [2.24, 2.45) is 0 Å². The summed E-state index contributed by atoms with van der Waals surface area (Å²) in [6, 6.07) is 13.9. The van der Waals surface area contributed by atoms with E-state index in [1.54, 1.807) is 0 Å². The van der Waals surface area contributed by atoms with Gasteiger partial charge in [-0.15, -0.1) is 11.3 Å². The van der Waals surface area contributed by atoms with Gasteiger partial charge in [-0.1, -0.05) is 58.7 Å². The highest BCUT2D eigenvalue weighted by molar-refractivity contribution is 7.80. The summed E-state index contributed by atoms with van der Waals surface area (Å²) in [6.45, 7) is 14.2. The number of hydrogen-bond donors (Lipinski definition) is 1. The number of aliphatic hydroxyl groups is 1. The van der Waals surface area contributed by atoms with Gasteiger partial charge in [0.15, 0.2) is 0 Å². The zero-order chi connectivity index (χ0) is 21.6. The molecule has 0 spiro atoms. The molecule has 2 nitrogen and oxygen atoms in total. The van der Waals surface area contributed by atoms with E-state index in [0.29, 0.717) is 13.2 Å². The first kappa shape index (κ1) is 21.7. The molecule has 30 heavy (non-hydrogen) atoms. The average Bonchev–Trinajstić information content (AvgIpc) is 3.16. The van der Waals surface area contributed by atoms with Crippen molar-refractivity contribution in [3.8, 4) is 0 Å². The zero-order valence-electron chi connectivity index (χ0n) is 18.7. The van der Waals surface area contributed by atoms with Gasteiger partial charge in [-0.05, 0) is 65.6 Å². The van der Waals surface area contributed by atoms with Crippen LogP contribution in [0.5, 0.6) is 0 Å². The van der Waals surface area contributed by atoms with Crippen molar-refractivity contribution in [1.29, 1.82) is 0 Å². The van der Waals surface area contributed by atoms with Gasteiger partial charge >= 0.3 is 0 Å². The summed E-state index contributed by atoms with van der Waals surface area (Å²) in [5, 5.41) is 14.9. The molecule has 0 unspecified atom stereocenters. The van der Waals surface area contributed by atoms with E-state index >= 15 is 0 Å². The number of benzene rings is 2. The fourth-order valence-electron chi connectivity index (χ4n) is 4.79. The monoisotopic (exact) mass is 438 g/mol. The lowest BCUT2D eigenvalue weighted by Crippen LogP contribution is -2.28. The molecule has 0 aliphatic carbocycles. The number of rotatable bonds is 4. The Morgan fingerprint density at radius 2 is 1.27 bits per heavy atom. The minimum atomic E-state index is -0.723. The van der Waals surface area contributed by atoms with E-state index < -0.39 is 14.0 Å². The highest BCUT2D eigenvalue weighted by Gasteiger charge is 2.35. The highest BCUT2D eigenvalue weighted by atomic mass is 32.1. The smallest absolute Gasteiger partial charge is 0.0864 e. The molecular formula is C26H31O2PS. The van der Waals surface area contributed by atoms with Crippen LogP contribution in [0.4, 0.5) is 0 Å². The Bertz CT molecular complexity index is 993. The Balaban J connectivity index is 2.00. The van der Waals surface area contributed by atoms with E-state index in [0.717, 1.165) is 0 Å². The van der Waals surface area contributed by atoms with E-state index in [1.165, 1.54) is 53.5 Å². The molecule has 2 heterocycles. The van der Waals surface area contributed by atoms with Gasteiger partial charge in [0.1, 0.15) is 0 Å². The molecule has 3 aromatic rings. The molecule has 1 aromatic heterocycles. The van der Waals surface area contributed by atoms with Gasteiger partial charge < -0.3 is 9.84 Å². The molecule has 0 saturated carbocycles. The third-order valence-electron chi connectivity index (χ3n) is 5.85. The minimum absolute atomic E-state index is 0.0618. The van der Waals surface area contributed by atoms with Crippen LogP contribution in [0.3, 0.4) is 0 Å². The zero-order valence-corrected chi connectivity index (χ0v) is 20.5. The molecule has 0 amide bonds. The first-order valence-electron chi connectivity index (χ1n) is 10.6. The van der Waals surface area contributed by atoms with Crippen LogP contribution >= 0.6 is 19.3 Å². The van der Waals surface area contributed by atoms with Crippen LogP contribution in [0.15, 0.2) is 36.4 Å². The molecule has 158 valence electrons. The second-order valence-electron chi connectivity index (χ2n) is 8.72. The van der Waals surface area contributed by atoms with Gasteiger partial charge in [-0.2, -0.15) is 0 Å². The molecule has 1 saturated heterocycles. The van der Waals surface area contributed by atoms with E-state index in [4.69, 9.17) is 4.74 Å². The lowest BCUT2D eigenvalue weighted by atomic mass is 9.96. The number of ether oxygens (including phenoxy) is 1. The van der Waals surface area contributed by atoms with Gasteiger partial charge in [0, 0.05) is 21.0 Å². The third-order valence-corrected chi connectivity index (χ3v) is 9.61. The van der Waals surface area contributed by atoms with Crippen molar-refractivity contribution in [2.45, 2.75) is 53.6 Å². The Hall–Kier alpha value is -1.51. The molecule has 2 atom stereocenters. The maximum atomic E-state index is 10.7. The number of aliphatic hydroxyl groups excluding tert-OH is 1. The van der Waals surface area contributed by atoms with Crippen LogP contribution in [0.25, 0.3) is 0 Å². The maximum Gasteiger partial charge on any atom is 0.0864 e. The minimum Gasteiger partial charge on any atom is -0.390 e. The Morgan fingerprint density at radius 1 is 0.767 bits per heavy atom. The highest BCUT2D eigenvalue weighted by Crippen LogP contribution is 2.43. The summed E-state index contributed by atoms with van der Waals surface area (Å²) in [6.07, 6.45) is -0.424. The van der Waals surface area contributed by atoms with Crippen molar-refractivity contribution in [3.05, 3.63) is 74.0 Å². The molecular weight excluding hydrogens is 407 g/mol. The second-order valence-corrected chi connectivity index (χ2v) is 12.3. The van der Waals surface area contributed by atoms with Crippen LogP contribution < -0.4 is 15.9 Å². The van der Waals surface area contributed by atoms with Crippen molar-refractivity contribution < 1.29 is 9.84 Å². The summed E-state index contributed by atoms with van der Waals surface area (Å²) in [4.78, 5) is 2.68. The summed E-state index contributed by atoms with van der Waals surface area (Å²) in [5.74, 6) is 0.0618. The molecule has 1 aliphatic rings. The fourth-order valence-corrected chi connectivity index (χ4v) is 9.34. The molecule has 4 heteroatoms. The quantitative estimate of drug-likeness (QED) is 0.591. The Labute approximate surface area is 185 Å². The largest absolute Gasteiger partial charge is 0.390 e. The van der Waals surface area contributed by atoms with Crippen molar-refractivity contribution >= 4 is 35.2 Å².